The normalized spacial score (nSPS) is 10.7. The molecule has 2 aromatic carbocycles. The highest BCUT2D eigenvalue weighted by Crippen LogP contribution is 2.22. The number of hydrogen-bond donors (Lipinski definition) is 0. The number of esters is 1. The van der Waals surface area contributed by atoms with E-state index in [-0.39, 0.29) is 12.2 Å². The van der Waals surface area contributed by atoms with E-state index in [9.17, 15) is 9.59 Å². The van der Waals surface area contributed by atoms with E-state index in [0.29, 0.717) is 33.6 Å². The molecule has 6 heteroatoms. The summed E-state index contributed by atoms with van der Waals surface area (Å²) in [4.78, 5) is 29.7. The summed E-state index contributed by atoms with van der Waals surface area (Å²) in [7, 11) is 0. The van der Waals surface area contributed by atoms with Crippen LogP contribution in [0, 0.1) is 6.92 Å². The third-order valence-electron chi connectivity index (χ3n) is 4.66. The lowest BCUT2D eigenvalue weighted by Crippen LogP contribution is -2.19. The van der Waals surface area contributed by atoms with Crippen LogP contribution in [-0.2, 0) is 4.74 Å². The summed E-state index contributed by atoms with van der Waals surface area (Å²) in [6, 6.07) is 20.0. The van der Waals surface area contributed by atoms with Crippen LogP contribution >= 0.6 is 0 Å². The molecule has 0 aliphatic rings. The second kappa shape index (κ2) is 8.21. The average Bonchev–Trinajstić information content (AvgIpc) is 2.75. The quantitative estimate of drug-likeness (QED) is 0.456. The number of aryl methyl sites for hydroxylation is 1. The highest BCUT2D eigenvalue weighted by atomic mass is 16.5. The van der Waals surface area contributed by atoms with Crippen molar-refractivity contribution in [3.63, 3.8) is 0 Å². The van der Waals surface area contributed by atoms with Gasteiger partial charge in [0, 0.05) is 11.9 Å². The van der Waals surface area contributed by atoms with Gasteiger partial charge in [-0.25, -0.2) is 4.79 Å². The number of carbonyl (C=O) groups excluding carboxylic acids is 1. The molecule has 0 saturated heterocycles. The standard InChI is InChI=1S/C24H20N2O4/c1-3-29-24(28)20-15-21-22(25-16(20)2)13-14-26(23(21)27)17-9-11-19(12-10-17)30-18-7-5-4-6-8-18/h4-15H,3H2,1-2H3. The van der Waals surface area contributed by atoms with Gasteiger partial charge in [-0.05, 0) is 62.4 Å². The summed E-state index contributed by atoms with van der Waals surface area (Å²) < 4.78 is 12.4. The van der Waals surface area contributed by atoms with E-state index in [2.05, 4.69) is 4.98 Å². The first kappa shape index (κ1) is 19.4. The van der Waals surface area contributed by atoms with Gasteiger partial charge < -0.3 is 9.47 Å². The Morgan fingerprint density at radius 2 is 1.70 bits per heavy atom. The van der Waals surface area contributed by atoms with E-state index in [0.717, 1.165) is 5.75 Å². The Kier molecular flexibility index (Phi) is 5.30. The smallest absolute Gasteiger partial charge is 0.339 e. The lowest BCUT2D eigenvalue weighted by molar-refractivity contribution is 0.0525. The number of fused-ring (bicyclic) bond motifs is 1. The number of hydrogen-bond acceptors (Lipinski definition) is 5. The molecule has 2 heterocycles. The maximum atomic E-state index is 13.1. The summed E-state index contributed by atoms with van der Waals surface area (Å²) in [5.41, 5.74) is 1.78. The van der Waals surface area contributed by atoms with E-state index in [1.165, 1.54) is 4.57 Å². The van der Waals surface area contributed by atoms with Gasteiger partial charge in [0.05, 0.1) is 28.8 Å². The highest BCUT2D eigenvalue weighted by molar-refractivity contribution is 5.95. The third-order valence-corrected chi connectivity index (χ3v) is 4.66. The van der Waals surface area contributed by atoms with Crippen LogP contribution in [0.2, 0.25) is 0 Å². The number of pyridine rings is 2. The topological polar surface area (TPSA) is 70.4 Å². The minimum absolute atomic E-state index is 0.257. The Labute approximate surface area is 173 Å². The fourth-order valence-electron chi connectivity index (χ4n) is 3.18. The monoisotopic (exact) mass is 400 g/mol. The van der Waals surface area contributed by atoms with E-state index in [1.807, 2.05) is 30.3 Å². The van der Waals surface area contributed by atoms with Gasteiger partial charge in [0.1, 0.15) is 11.5 Å². The first-order valence-corrected chi connectivity index (χ1v) is 9.60. The maximum Gasteiger partial charge on any atom is 0.339 e. The fraction of sp³-hybridized carbons (Fsp3) is 0.125. The number of nitrogens with zero attached hydrogens (tertiary/aromatic N) is 2. The predicted molar refractivity (Wildman–Crippen MR) is 115 cm³/mol. The molecular formula is C24H20N2O4. The first-order valence-electron chi connectivity index (χ1n) is 9.60. The molecule has 0 radical (unpaired) electrons. The molecule has 0 bridgehead atoms. The van der Waals surface area contributed by atoms with Gasteiger partial charge in [-0.2, -0.15) is 0 Å². The van der Waals surface area contributed by atoms with E-state index < -0.39 is 5.97 Å². The molecule has 150 valence electrons. The summed E-state index contributed by atoms with van der Waals surface area (Å²) in [6.07, 6.45) is 1.67. The van der Waals surface area contributed by atoms with Crippen LogP contribution in [0.4, 0.5) is 0 Å². The number of benzene rings is 2. The molecule has 6 nitrogen and oxygen atoms in total. The lowest BCUT2D eigenvalue weighted by Gasteiger charge is -2.11. The lowest BCUT2D eigenvalue weighted by atomic mass is 10.1. The van der Waals surface area contributed by atoms with Gasteiger partial charge in [-0.1, -0.05) is 18.2 Å². The summed E-state index contributed by atoms with van der Waals surface area (Å²) in [5, 5.41) is 0.357. The van der Waals surface area contributed by atoms with Crippen LogP contribution in [0.25, 0.3) is 16.6 Å². The van der Waals surface area contributed by atoms with E-state index >= 15 is 0 Å². The van der Waals surface area contributed by atoms with Crippen LogP contribution in [0.5, 0.6) is 11.5 Å². The molecule has 0 saturated carbocycles. The van der Waals surface area contributed by atoms with Crippen LogP contribution < -0.4 is 10.3 Å². The molecule has 0 N–H and O–H groups in total. The van der Waals surface area contributed by atoms with Gasteiger partial charge in [-0.3, -0.25) is 14.3 Å². The molecule has 2 aromatic heterocycles. The van der Waals surface area contributed by atoms with E-state index in [4.69, 9.17) is 9.47 Å². The number of aromatic nitrogens is 2. The average molecular weight is 400 g/mol. The predicted octanol–water partition coefficient (Wildman–Crippen LogP) is 4.66. The zero-order valence-corrected chi connectivity index (χ0v) is 16.7. The Hall–Kier alpha value is -3.93. The van der Waals surface area contributed by atoms with Gasteiger partial charge in [-0.15, -0.1) is 0 Å². The minimum Gasteiger partial charge on any atom is -0.462 e. The van der Waals surface area contributed by atoms with Crippen molar-refractivity contribution >= 4 is 16.9 Å². The largest absolute Gasteiger partial charge is 0.462 e. The number of rotatable bonds is 5. The number of para-hydroxylation sites is 1. The van der Waals surface area contributed by atoms with Crippen molar-refractivity contribution in [2.45, 2.75) is 13.8 Å². The van der Waals surface area contributed by atoms with Crippen molar-refractivity contribution < 1.29 is 14.3 Å². The molecule has 0 unspecified atom stereocenters. The maximum absolute atomic E-state index is 13.1. The highest BCUT2D eigenvalue weighted by Gasteiger charge is 2.15. The second-order valence-electron chi connectivity index (χ2n) is 6.67. The molecule has 4 aromatic rings. The van der Waals surface area contributed by atoms with Crippen molar-refractivity contribution in [3.8, 4) is 17.2 Å². The van der Waals surface area contributed by atoms with Gasteiger partial charge >= 0.3 is 5.97 Å². The van der Waals surface area contributed by atoms with Crippen molar-refractivity contribution in [3.05, 3.63) is 94.5 Å². The van der Waals surface area contributed by atoms with E-state index in [1.54, 1.807) is 56.4 Å². The molecule has 0 spiro atoms. The Morgan fingerprint density at radius 1 is 1.00 bits per heavy atom. The minimum atomic E-state index is -0.485. The summed E-state index contributed by atoms with van der Waals surface area (Å²) in [5.74, 6) is 0.920. The first-order chi connectivity index (χ1) is 14.6. The van der Waals surface area contributed by atoms with Crippen LogP contribution in [-0.4, -0.2) is 22.1 Å². The summed E-state index contributed by atoms with van der Waals surface area (Å²) >= 11 is 0. The second-order valence-corrected chi connectivity index (χ2v) is 6.67. The molecule has 30 heavy (non-hydrogen) atoms. The molecule has 0 atom stereocenters. The van der Waals surface area contributed by atoms with Gasteiger partial charge in [0.2, 0.25) is 0 Å². The zero-order valence-electron chi connectivity index (χ0n) is 16.7. The van der Waals surface area contributed by atoms with Crippen molar-refractivity contribution in [1.82, 2.24) is 9.55 Å². The fourth-order valence-corrected chi connectivity index (χ4v) is 3.18. The number of carbonyl (C=O) groups is 1. The van der Waals surface area contributed by atoms with Gasteiger partial charge in [0.15, 0.2) is 0 Å². The molecular weight excluding hydrogens is 380 g/mol. The third kappa shape index (κ3) is 3.80. The molecule has 0 fully saturated rings. The molecule has 0 aliphatic heterocycles. The SMILES string of the molecule is CCOC(=O)c1cc2c(=O)n(-c3ccc(Oc4ccccc4)cc3)ccc2nc1C. The van der Waals surface area contributed by atoms with Crippen LogP contribution in [0.3, 0.4) is 0 Å². The van der Waals surface area contributed by atoms with Crippen LogP contribution in [0.1, 0.15) is 23.0 Å². The summed E-state index contributed by atoms with van der Waals surface area (Å²) in [6.45, 7) is 3.72. The molecule has 0 aliphatic carbocycles. The Morgan fingerprint density at radius 3 is 2.40 bits per heavy atom. The zero-order chi connectivity index (χ0) is 21.1. The Balaban J connectivity index is 1.70. The van der Waals surface area contributed by atoms with Gasteiger partial charge in [0.25, 0.3) is 5.56 Å². The molecule has 0 amide bonds. The van der Waals surface area contributed by atoms with Crippen LogP contribution in [0.15, 0.2) is 77.7 Å². The van der Waals surface area contributed by atoms with Crippen molar-refractivity contribution in [2.75, 3.05) is 6.61 Å². The number of ether oxygens (including phenoxy) is 2. The van der Waals surface area contributed by atoms with Crippen molar-refractivity contribution in [1.29, 1.82) is 0 Å². The molecule has 4 rings (SSSR count). The Bertz CT molecular complexity index is 1260. The van der Waals surface area contributed by atoms with Crippen molar-refractivity contribution in [2.24, 2.45) is 0 Å².